The Bertz CT molecular complexity index is 175. The highest BCUT2D eigenvalue weighted by molar-refractivity contribution is 5.84. The third kappa shape index (κ3) is 6.31. The Morgan fingerprint density at radius 1 is 1.31 bits per heavy atom. The lowest BCUT2D eigenvalue weighted by Crippen LogP contribution is -2.14. The molecule has 0 aliphatic heterocycles. The van der Waals surface area contributed by atoms with Gasteiger partial charge in [0.15, 0.2) is 0 Å². The van der Waals surface area contributed by atoms with Crippen molar-refractivity contribution in [3.8, 4) is 0 Å². The van der Waals surface area contributed by atoms with Gasteiger partial charge in [-0.05, 0) is 6.42 Å². The maximum atomic E-state index is 11.3. The van der Waals surface area contributed by atoms with Crippen molar-refractivity contribution < 1.29 is 14.7 Å². The lowest BCUT2D eigenvalue weighted by Gasteiger charge is -2.06. The van der Waals surface area contributed by atoms with E-state index in [1.165, 1.54) is 0 Å². The Morgan fingerprint density at radius 3 is 2.38 bits per heavy atom. The van der Waals surface area contributed by atoms with E-state index in [-0.39, 0.29) is 18.1 Å². The van der Waals surface area contributed by atoms with Crippen LogP contribution in [-0.2, 0) is 9.59 Å². The van der Waals surface area contributed by atoms with E-state index in [1.54, 1.807) is 6.92 Å². The molecule has 0 aliphatic rings. The number of carboxylic acids is 1. The molecule has 0 rings (SSSR count). The summed E-state index contributed by atoms with van der Waals surface area (Å²) in [7, 11) is 0. The number of hydrogen-bond acceptors (Lipinski definition) is 2. The number of rotatable bonds is 7. The monoisotopic (exact) mass is 186 g/mol. The second kappa shape index (κ2) is 6.63. The fraction of sp³-hybridized carbons (Fsp3) is 0.800. The lowest BCUT2D eigenvalue weighted by atomic mass is 9.98. The molecule has 0 aromatic carbocycles. The van der Waals surface area contributed by atoms with E-state index < -0.39 is 5.97 Å². The smallest absolute Gasteiger partial charge is 0.304 e. The minimum atomic E-state index is -0.892. The number of ketones is 1. The molecule has 76 valence electrons. The van der Waals surface area contributed by atoms with Gasteiger partial charge in [-0.25, -0.2) is 0 Å². The van der Waals surface area contributed by atoms with Crippen LogP contribution < -0.4 is 0 Å². The van der Waals surface area contributed by atoms with Crippen molar-refractivity contribution in [3.63, 3.8) is 0 Å². The Hall–Kier alpha value is -0.860. The fourth-order valence-electron chi connectivity index (χ4n) is 1.17. The summed E-state index contributed by atoms with van der Waals surface area (Å²) in [4.78, 5) is 21.6. The molecule has 0 radical (unpaired) electrons. The summed E-state index contributed by atoms with van der Waals surface area (Å²) in [6, 6.07) is 0. The lowest BCUT2D eigenvalue weighted by molar-refractivity contribution is -0.140. The van der Waals surface area contributed by atoms with E-state index in [9.17, 15) is 9.59 Å². The Labute approximate surface area is 79.1 Å². The van der Waals surface area contributed by atoms with Gasteiger partial charge in [0.1, 0.15) is 5.78 Å². The number of carbonyl (C=O) groups is 2. The first-order valence-corrected chi connectivity index (χ1v) is 4.82. The van der Waals surface area contributed by atoms with Gasteiger partial charge in [0.2, 0.25) is 0 Å². The summed E-state index contributed by atoms with van der Waals surface area (Å²) in [6.45, 7) is 3.76. The van der Waals surface area contributed by atoms with Crippen molar-refractivity contribution in [1.82, 2.24) is 0 Å². The predicted molar refractivity (Wildman–Crippen MR) is 50.6 cm³/mol. The summed E-state index contributed by atoms with van der Waals surface area (Å²) in [6.07, 6.45) is 3.51. The van der Waals surface area contributed by atoms with Crippen LogP contribution in [0.25, 0.3) is 0 Å². The van der Waals surface area contributed by atoms with Crippen molar-refractivity contribution in [1.29, 1.82) is 0 Å². The standard InChI is InChI=1S/C10H18O3/c1-3-4-5-6-9(11)8(2)7-10(12)13/h8H,3-7H2,1-2H3,(H,12,13)/t8-/m1/s1. The Morgan fingerprint density at radius 2 is 1.92 bits per heavy atom. The maximum absolute atomic E-state index is 11.3. The highest BCUT2D eigenvalue weighted by Crippen LogP contribution is 2.09. The fourth-order valence-corrected chi connectivity index (χ4v) is 1.17. The maximum Gasteiger partial charge on any atom is 0.304 e. The molecular weight excluding hydrogens is 168 g/mol. The Balaban J connectivity index is 3.63. The predicted octanol–water partition coefficient (Wildman–Crippen LogP) is 2.25. The molecule has 0 amide bonds. The molecule has 13 heavy (non-hydrogen) atoms. The molecule has 0 saturated carbocycles. The minimum Gasteiger partial charge on any atom is -0.481 e. The van der Waals surface area contributed by atoms with Crippen LogP contribution in [0.1, 0.15) is 46.0 Å². The van der Waals surface area contributed by atoms with Crippen molar-refractivity contribution in [2.45, 2.75) is 46.0 Å². The van der Waals surface area contributed by atoms with Gasteiger partial charge in [-0.2, -0.15) is 0 Å². The highest BCUT2D eigenvalue weighted by atomic mass is 16.4. The van der Waals surface area contributed by atoms with Crippen LogP contribution in [0.4, 0.5) is 0 Å². The zero-order chi connectivity index (χ0) is 10.3. The van der Waals surface area contributed by atoms with E-state index in [0.717, 1.165) is 19.3 Å². The molecule has 0 unspecified atom stereocenters. The summed E-state index contributed by atoms with van der Waals surface area (Å²) in [5, 5.41) is 8.45. The van der Waals surface area contributed by atoms with Crippen molar-refractivity contribution in [2.75, 3.05) is 0 Å². The second-order valence-corrected chi connectivity index (χ2v) is 3.42. The number of Topliss-reactive ketones (excluding diaryl/α,β-unsaturated/α-hetero) is 1. The van der Waals surface area contributed by atoms with E-state index >= 15 is 0 Å². The normalized spacial score (nSPS) is 12.5. The molecule has 0 aliphatic carbocycles. The van der Waals surface area contributed by atoms with Crippen LogP contribution in [0, 0.1) is 5.92 Å². The third-order valence-electron chi connectivity index (χ3n) is 2.06. The van der Waals surface area contributed by atoms with Crippen molar-refractivity contribution in [3.05, 3.63) is 0 Å². The molecule has 1 N–H and O–H groups in total. The largest absolute Gasteiger partial charge is 0.481 e. The van der Waals surface area contributed by atoms with Crippen LogP contribution in [0.5, 0.6) is 0 Å². The number of unbranched alkanes of at least 4 members (excludes halogenated alkanes) is 2. The average molecular weight is 186 g/mol. The molecule has 0 heterocycles. The second-order valence-electron chi connectivity index (χ2n) is 3.42. The van der Waals surface area contributed by atoms with Crippen LogP contribution in [0.15, 0.2) is 0 Å². The molecule has 0 aromatic heterocycles. The zero-order valence-corrected chi connectivity index (χ0v) is 8.38. The minimum absolute atomic E-state index is 0.0367. The van der Waals surface area contributed by atoms with Gasteiger partial charge in [-0.3, -0.25) is 9.59 Å². The summed E-state index contributed by atoms with van der Waals surface area (Å²) in [5.74, 6) is -1.14. The van der Waals surface area contributed by atoms with Gasteiger partial charge in [-0.15, -0.1) is 0 Å². The molecule has 0 spiro atoms. The molecule has 0 aromatic rings. The third-order valence-corrected chi connectivity index (χ3v) is 2.06. The quantitative estimate of drug-likeness (QED) is 0.620. The zero-order valence-electron chi connectivity index (χ0n) is 8.38. The summed E-state index contributed by atoms with van der Waals surface area (Å²) in [5.41, 5.74) is 0. The molecule has 0 bridgehead atoms. The molecule has 3 heteroatoms. The molecular formula is C10H18O3. The van der Waals surface area contributed by atoms with Crippen molar-refractivity contribution >= 4 is 11.8 Å². The van der Waals surface area contributed by atoms with Gasteiger partial charge >= 0.3 is 5.97 Å². The van der Waals surface area contributed by atoms with Crippen LogP contribution in [0.2, 0.25) is 0 Å². The van der Waals surface area contributed by atoms with Gasteiger partial charge in [-0.1, -0.05) is 26.7 Å². The molecule has 3 nitrogen and oxygen atoms in total. The molecule has 1 atom stereocenters. The van der Waals surface area contributed by atoms with Crippen LogP contribution in [-0.4, -0.2) is 16.9 Å². The average Bonchev–Trinajstić information content (AvgIpc) is 2.03. The number of carboxylic acid groups (broad SMARTS) is 1. The van der Waals surface area contributed by atoms with Gasteiger partial charge < -0.3 is 5.11 Å². The first kappa shape index (κ1) is 12.1. The molecule has 0 fully saturated rings. The Kier molecular flexibility index (Phi) is 6.20. The number of hydrogen-bond donors (Lipinski definition) is 1. The first-order valence-electron chi connectivity index (χ1n) is 4.82. The van der Waals surface area contributed by atoms with E-state index in [1.807, 2.05) is 0 Å². The topological polar surface area (TPSA) is 54.4 Å². The molecule has 0 saturated heterocycles. The van der Waals surface area contributed by atoms with Gasteiger partial charge in [0.25, 0.3) is 0 Å². The van der Waals surface area contributed by atoms with Crippen LogP contribution >= 0.6 is 0 Å². The van der Waals surface area contributed by atoms with E-state index in [4.69, 9.17) is 5.11 Å². The van der Waals surface area contributed by atoms with Gasteiger partial charge in [0.05, 0.1) is 6.42 Å². The van der Waals surface area contributed by atoms with Crippen molar-refractivity contribution in [2.24, 2.45) is 5.92 Å². The summed E-state index contributed by atoms with van der Waals surface area (Å²) >= 11 is 0. The SMILES string of the molecule is CCCCCC(=O)[C@H](C)CC(=O)O. The summed E-state index contributed by atoms with van der Waals surface area (Å²) < 4.78 is 0. The number of carbonyl (C=O) groups excluding carboxylic acids is 1. The van der Waals surface area contributed by atoms with E-state index in [2.05, 4.69) is 6.92 Å². The number of aliphatic carboxylic acids is 1. The van der Waals surface area contributed by atoms with E-state index in [0.29, 0.717) is 6.42 Å². The van der Waals surface area contributed by atoms with Crippen LogP contribution in [0.3, 0.4) is 0 Å². The van der Waals surface area contributed by atoms with Gasteiger partial charge in [0, 0.05) is 12.3 Å². The highest BCUT2D eigenvalue weighted by Gasteiger charge is 2.15. The first-order chi connectivity index (χ1) is 6.07.